The molecule has 148 valence electrons. The molecule has 5 nitrogen and oxygen atoms in total. The van der Waals surface area contributed by atoms with Crippen LogP contribution in [0.2, 0.25) is 0 Å². The van der Waals surface area contributed by atoms with E-state index in [2.05, 4.69) is 58.6 Å². The largest absolute Gasteiger partial charge is 0.377 e. The van der Waals surface area contributed by atoms with Gasteiger partial charge >= 0.3 is 0 Å². The normalized spacial score (nSPS) is 16.2. The summed E-state index contributed by atoms with van der Waals surface area (Å²) in [5.74, 6) is 0.826. The number of ether oxygens (including phenoxy) is 1. The van der Waals surface area contributed by atoms with Crippen molar-refractivity contribution < 1.29 is 4.74 Å². The third kappa shape index (κ3) is 6.95. The van der Waals surface area contributed by atoms with E-state index in [-0.39, 0.29) is 35.6 Å². The molecular formula is C20H35IN4O. The Morgan fingerprint density at radius 1 is 1.31 bits per heavy atom. The molecule has 1 unspecified atom stereocenters. The van der Waals surface area contributed by atoms with E-state index < -0.39 is 0 Å². The minimum atomic E-state index is -0.263. The maximum absolute atomic E-state index is 5.46. The minimum absolute atomic E-state index is 0. The Balaban J connectivity index is 0.00000338. The van der Waals surface area contributed by atoms with Gasteiger partial charge in [-0.05, 0) is 58.2 Å². The highest BCUT2D eigenvalue weighted by molar-refractivity contribution is 14.0. The molecule has 2 N–H and O–H groups in total. The summed E-state index contributed by atoms with van der Waals surface area (Å²) in [4.78, 5) is 7.15. The predicted octanol–water partition coefficient (Wildman–Crippen LogP) is 3.95. The molecule has 0 aliphatic carbocycles. The van der Waals surface area contributed by atoms with Gasteiger partial charge in [0.25, 0.3) is 0 Å². The minimum Gasteiger partial charge on any atom is -0.377 e. The van der Waals surface area contributed by atoms with Gasteiger partial charge in [-0.15, -0.1) is 24.0 Å². The number of benzene rings is 1. The lowest BCUT2D eigenvalue weighted by molar-refractivity contribution is 0.0310. The topological polar surface area (TPSA) is 48.9 Å². The van der Waals surface area contributed by atoms with Gasteiger partial charge in [0.1, 0.15) is 0 Å². The van der Waals surface area contributed by atoms with Gasteiger partial charge in [0.2, 0.25) is 0 Å². The molecule has 1 fully saturated rings. The molecule has 0 radical (unpaired) electrons. The number of methoxy groups -OCH3 is 1. The number of aliphatic imine (C=N–C) groups is 1. The maximum Gasteiger partial charge on any atom is 0.191 e. The molecule has 1 saturated heterocycles. The van der Waals surface area contributed by atoms with Crippen LogP contribution in [0, 0.1) is 0 Å². The summed E-state index contributed by atoms with van der Waals surface area (Å²) in [5.41, 5.74) is 2.34. The van der Waals surface area contributed by atoms with E-state index in [1.54, 1.807) is 7.11 Å². The van der Waals surface area contributed by atoms with Crippen LogP contribution in [0.3, 0.4) is 0 Å². The van der Waals surface area contributed by atoms with E-state index in [1.807, 2.05) is 13.8 Å². The van der Waals surface area contributed by atoms with Crippen molar-refractivity contribution >= 4 is 35.6 Å². The van der Waals surface area contributed by atoms with E-state index in [0.717, 1.165) is 12.5 Å². The first-order valence-electron chi connectivity index (χ1n) is 9.40. The monoisotopic (exact) mass is 474 g/mol. The molecule has 0 bridgehead atoms. The van der Waals surface area contributed by atoms with Gasteiger partial charge in [0, 0.05) is 32.4 Å². The number of guanidine groups is 1. The number of rotatable bonds is 7. The first kappa shape index (κ1) is 23.0. The summed E-state index contributed by atoms with van der Waals surface area (Å²) >= 11 is 0. The number of nitrogens with one attached hydrogen (secondary N) is 2. The van der Waals surface area contributed by atoms with Gasteiger partial charge in [-0.2, -0.15) is 0 Å². The quantitative estimate of drug-likeness (QED) is 0.357. The number of hydrogen-bond acceptors (Lipinski definition) is 3. The molecule has 0 amide bonds. The molecule has 1 aliphatic heterocycles. The summed E-state index contributed by atoms with van der Waals surface area (Å²) in [6.07, 6.45) is 2.59. The highest BCUT2D eigenvalue weighted by Crippen LogP contribution is 2.24. The molecule has 1 aromatic carbocycles. The van der Waals surface area contributed by atoms with Crippen LogP contribution in [-0.2, 0) is 4.74 Å². The molecule has 1 heterocycles. The standard InChI is InChI=1S/C20H34N4O.HI/c1-6-21-19(22-15-20(3,4)25-5)23-16(2)17-10-9-11-18(14-17)24-12-7-8-13-24;/h9-11,14,16H,6-8,12-13,15H2,1-5H3,(H2,21,22,23);1H. The fraction of sp³-hybridized carbons (Fsp3) is 0.650. The molecule has 26 heavy (non-hydrogen) atoms. The zero-order valence-electron chi connectivity index (χ0n) is 16.8. The van der Waals surface area contributed by atoms with Crippen LogP contribution < -0.4 is 15.5 Å². The SMILES string of the molecule is CCNC(=NCC(C)(C)OC)NC(C)c1cccc(N2CCCC2)c1.I. The highest BCUT2D eigenvalue weighted by Gasteiger charge is 2.17. The Morgan fingerprint density at radius 2 is 2.00 bits per heavy atom. The molecular weight excluding hydrogens is 439 g/mol. The van der Waals surface area contributed by atoms with Crippen LogP contribution in [0.15, 0.2) is 29.3 Å². The Kier molecular flexibility index (Phi) is 9.71. The van der Waals surface area contributed by atoms with Gasteiger partial charge in [-0.3, -0.25) is 4.99 Å². The van der Waals surface area contributed by atoms with Crippen molar-refractivity contribution in [1.82, 2.24) is 10.6 Å². The average Bonchev–Trinajstić information content (AvgIpc) is 3.15. The van der Waals surface area contributed by atoms with Crippen LogP contribution in [-0.4, -0.2) is 44.8 Å². The van der Waals surface area contributed by atoms with Crippen LogP contribution in [0.1, 0.15) is 52.1 Å². The second-order valence-electron chi connectivity index (χ2n) is 7.31. The molecule has 0 saturated carbocycles. The molecule has 1 aliphatic rings. The molecule has 2 rings (SSSR count). The van der Waals surface area contributed by atoms with E-state index in [4.69, 9.17) is 4.74 Å². The third-order valence-electron chi connectivity index (χ3n) is 4.71. The molecule has 0 aromatic heterocycles. The fourth-order valence-corrected chi connectivity index (χ4v) is 2.91. The van der Waals surface area contributed by atoms with Crippen LogP contribution >= 0.6 is 24.0 Å². The number of nitrogens with zero attached hydrogens (tertiary/aromatic N) is 2. The van der Waals surface area contributed by atoms with Crippen molar-refractivity contribution in [2.45, 2.75) is 52.2 Å². The van der Waals surface area contributed by atoms with Gasteiger partial charge in [0.15, 0.2) is 5.96 Å². The van der Waals surface area contributed by atoms with E-state index in [1.165, 1.54) is 37.2 Å². The molecule has 6 heteroatoms. The van der Waals surface area contributed by atoms with Crippen LogP contribution in [0.4, 0.5) is 5.69 Å². The van der Waals surface area contributed by atoms with E-state index in [0.29, 0.717) is 6.54 Å². The number of hydrogen-bond donors (Lipinski definition) is 2. The van der Waals surface area contributed by atoms with Gasteiger partial charge in [0.05, 0.1) is 18.2 Å². The lowest BCUT2D eigenvalue weighted by atomic mass is 10.1. The van der Waals surface area contributed by atoms with Crippen molar-refractivity contribution in [2.75, 3.05) is 38.2 Å². The summed E-state index contributed by atoms with van der Waals surface area (Å²) in [6, 6.07) is 9.03. The third-order valence-corrected chi connectivity index (χ3v) is 4.71. The maximum atomic E-state index is 5.46. The first-order valence-corrected chi connectivity index (χ1v) is 9.40. The summed E-state index contributed by atoms with van der Waals surface area (Å²) < 4.78 is 5.46. The second-order valence-corrected chi connectivity index (χ2v) is 7.31. The van der Waals surface area contributed by atoms with Crippen molar-refractivity contribution in [3.05, 3.63) is 29.8 Å². The number of anilines is 1. The highest BCUT2D eigenvalue weighted by atomic mass is 127. The van der Waals surface area contributed by atoms with Gasteiger partial charge in [-0.25, -0.2) is 0 Å². The van der Waals surface area contributed by atoms with Gasteiger partial charge < -0.3 is 20.3 Å². The molecule has 1 aromatic rings. The van der Waals surface area contributed by atoms with Crippen LogP contribution in [0.5, 0.6) is 0 Å². The Morgan fingerprint density at radius 3 is 2.62 bits per heavy atom. The second kappa shape index (κ2) is 11.0. The van der Waals surface area contributed by atoms with Crippen molar-refractivity contribution in [3.8, 4) is 0 Å². The summed E-state index contributed by atoms with van der Waals surface area (Å²) in [7, 11) is 1.72. The van der Waals surface area contributed by atoms with Crippen molar-refractivity contribution in [3.63, 3.8) is 0 Å². The van der Waals surface area contributed by atoms with E-state index >= 15 is 0 Å². The zero-order chi connectivity index (χ0) is 18.3. The number of halogens is 1. The zero-order valence-corrected chi connectivity index (χ0v) is 19.2. The van der Waals surface area contributed by atoms with Crippen molar-refractivity contribution in [1.29, 1.82) is 0 Å². The first-order chi connectivity index (χ1) is 11.9. The Hall–Kier alpha value is -1.02. The van der Waals surface area contributed by atoms with E-state index in [9.17, 15) is 0 Å². The Bertz CT molecular complexity index is 571. The summed E-state index contributed by atoms with van der Waals surface area (Å²) in [6.45, 7) is 12.1. The lowest BCUT2D eigenvalue weighted by Gasteiger charge is -2.24. The van der Waals surface area contributed by atoms with Crippen LogP contribution in [0.25, 0.3) is 0 Å². The smallest absolute Gasteiger partial charge is 0.191 e. The lowest BCUT2D eigenvalue weighted by Crippen LogP contribution is -2.40. The predicted molar refractivity (Wildman–Crippen MR) is 122 cm³/mol. The molecule has 0 spiro atoms. The van der Waals surface area contributed by atoms with Crippen molar-refractivity contribution in [2.24, 2.45) is 4.99 Å². The van der Waals surface area contributed by atoms with Gasteiger partial charge in [-0.1, -0.05) is 12.1 Å². The fourth-order valence-electron chi connectivity index (χ4n) is 2.91. The summed E-state index contributed by atoms with van der Waals surface area (Å²) in [5, 5.41) is 6.84. The Labute approximate surface area is 176 Å². The molecule has 1 atom stereocenters. The average molecular weight is 474 g/mol.